The summed E-state index contributed by atoms with van der Waals surface area (Å²) in [5, 5.41) is 2.91. The molecule has 0 bridgehead atoms. The zero-order valence-electron chi connectivity index (χ0n) is 12.2. The fourth-order valence-electron chi connectivity index (χ4n) is 2.22. The monoisotopic (exact) mass is 286 g/mol. The number of benzene rings is 2. The number of nitrogens with one attached hydrogen (secondary N) is 1. The van der Waals surface area contributed by atoms with E-state index in [1.165, 1.54) is 12.1 Å². The van der Waals surface area contributed by atoms with E-state index in [1.54, 1.807) is 24.3 Å². The molecule has 110 valence electrons. The number of hydrogen-bond acceptors (Lipinski definition) is 2. The fourth-order valence-corrected chi connectivity index (χ4v) is 2.22. The Labute approximate surface area is 124 Å². The molecule has 3 N–H and O–H groups in total. The van der Waals surface area contributed by atoms with E-state index in [9.17, 15) is 9.18 Å². The van der Waals surface area contributed by atoms with Gasteiger partial charge in [0.2, 0.25) is 0 Å². The van der Waals surface area contributed by atoms with Crippen molar-refractivity contribution in [1.29, 1.82) is 0 Å². The first kappa shape index (κ1) is 15.0. The Morgan fingerprint density at radius 2 is 1.90 bits per heavy atom. The number of amides is 1. The Balaban J connectivity index is 2.00. The first-order valence-electron chi connectivity index (χ1n) is 6.87. The maximum Gasteiger partial charge on any atom is 0.253 e. The van der Waals surface area contributed by atoms with E-state index < -0.39 is 0 Å². The molecule has 0 radical (unpaired) electrons. The molecule has 2 rings (SSSR count). The Morgan fingerprint density at radius 3 is 2.52 bits per heavy atom. The van der Waals surface area contributed by atoms with E-state index in [0.29, 0.717) is 17.7 Å². The number of anilines is 1. The number of nitrogen functional groups attached to an aromatic ring is 1. The lowest BCUT2D eigenvalue weighted by Crippen LogP contribution is -2.34. The average Bonchev–Trinajstić information content (AvgIpc) is 2.41. The molecule has 0 heterocycles. The van der Waals surface area contributed by atoms with Gasteiger partial charge in [0.05, 0.1) is 5.56 Å². The zero-order valence-corrected chi connectivity index (χ0v) is 12.2. The van der Waals surface area contributed by atoms with Gasteiger partial charge in [-0.3, -0.25) is 4.79 Å². The predicted octanol–water partition coefficient (Wildman–Crippen LogP) is 3.08. The highest BCUT2D eigenvalue weighted by molar-refractivity contribution is 5.99. The number of nitrogens with two attached hydrogens (primary N) is 1. The van der Waals surface area contributed by atoms with Crippen LogP contribution in [0.4, 0.5) is 10.1 Å². The van der Waals surface area contributed by atoms with Crippen LogP contribution < -0.4 is 11.1 Å². The van der Waals surface area contributed by atoms with Gasteiger partial charge in [-0.05, 0) is 55.7 Å². The highest BCUT2D eigenvalue weighted by Crippen LogP contribution is 2.14. The normalized spacial score (nSPS) is 12.0. The van der Waals surface area contributed by atoms with Crippen LogP contribution >= 0.6 is 0 Å². The van der Waals surface area contributed by atoms with Crippen molar-refractivity contribution in [3.8, 4) is 0 Å². The van der Waals surface area contributed by atoms with Crippen LogP contribution in [0.25, 0.3) is 0 Å². The average molecular weight is 286 g/mol. The standard InChI is InChI=1S/C17H19FN2O/c1-11-3-8-15(16(19)9-11)17(21)20-12(2)10-13-4-6-14(18)7-5-13/h3-9,12H,10,19H2,1-2H3,(H,20,21). The number of halogens is 1. The minimum Gasteiger partial charge on any atom is -0.398 e. The molecule has 0 aromatic heterocycles. The van der Waals surface area contributed by atoms with Gasteiger partial charge in [0.1, 0.15) is 5.82 Å². The van der Waals surface area contributed by atoms with Gasteiger partial charge in [-0.2, -0.15) is 0 Å². The van der Waals surface area contributed by atoms with Crippen LogP contribution in [0.2, 0.25) is 0 Å². The van der Waals surface area contributed by atoms with Gasteiger partial charge in [0.25, 0.3) is 5.91 Å². The van der Waals surface area contributed by atoms with Crippen molar-refractivity contribution < 1.29 is 9.18 Å². The van der Waals surface area contributed by atoms with Crippen LogP contribution in [0, 0.1) is 12.7 Å². The van der Waals surface area contributed by atoms with Gasteiger partial charge >= 0.3 is 0 Å². The summed E-state index contributed by atoms with van der Waals surface area (Å²) in [6, 6.07) is 11.6. The maximum absolute atomic E-state index is 12.8. The van der Waals surface area contributed by atoms with Crippen molar-refractivity contribution in [2.24, 2.45) is 0 Å². The predicted molar refractivity (Wildman–Crippen MR) is 82.6 cm³/mol. The summed E-state index contributed by atoms with van der Waals surface area (Å²) in [7, 11) is 0. The zero-order chi connectivity index (χ0) is 15.4. The second-order valence-electron chi connectivity index (χ2n) is 5.30. The lowest BCUT2D eigenvalue weighted by molar-refractivity contribution is 0.0941. The third kappa shape index (κ3) is 4.05. The largest absolute Gasteiger partial charge is 0.398 e. The number of carbonyl (C=O) groups is 1. The van der Waals surface area contributed by atoms with E-state index in [2.05, 4.69) is 5.32 Å². The molecule has 1 amide bonds. The molecular weight excluding hydrogens is 267 g/mol. The molecule has 1 atom stereocenters. The Morgan fingerprint density at radius 1 is 1.24 bits per heavy atom. The molecule has 0 saturated heterocycles. The van der Waals surface area contributed by atoms with Gasteiger partial charge in [0.15, 0.2) is 0 Å². The molecule has 0 aliphatic carbocycles. The summed E-state index contributed by atoms with van der Waals surface area (Å²) in [5.41, 5.74) is 8.81. The Hall–Kier alpha value is -2.36. The summed E-state index contributed by atoms with van der Waals surface area (Å²) in [4.78, 5) is 12.2. The second-order valence-corrected chi connectivity index (χ2v) is 5.30. The number of hydrogen-bond donors (Lipinski definition) is 2. The van der Waals surface area contributed by atoms with Crippen LogP contribution in [0.15, 0.2) is 42.5 Å². The van der Waals surface area contributed by atoms with E-state index in [1.807, 2.05) is 19.9 Å². The third-order valence-corrected chi connectivity index (χ3v) is 3.28. The fraction of sp³-hybridized carbons (Fsp3) is 0.235. The van der Waals surface area contributed by atoms with Crippen LogP contribution in [-0.2, 0) is 6.42 Å². The molecule has 0 saturated carbocycles. The molecule has 4 heteroatoms. The van der Waals surface area contributed by atoms with Crippen molar-refractivity contribution in [1.82, 2.24) is 5.32 Å². The van der Waals surface area contributed by atoms with E-state index in [-0.39, 0.29) is 17.8 Å². The topological polar surface area (TPSA) is 55.1 Å². The molecular formula is C17H19FN2O. The first-order valence-corrected chi connectivity index (χ1v) is 6.87. The summed E-state index contributed by atoms with van der Waals surface area (Å²) in [6.45, 7) is 3.83. The van der Waals surface area contributed by atoms with E-state index >= 15 is 0 Å². The molecule has 0 fully saturated rings. The molecule has 2 aromatic rings. The Kier molecular flexibility index (Phi) is 4.58. The molecule has 1 unspecified atom stereocenters. The SMILES string of the molecule is Cc1ccc(C(=O)NC(C)Cc2ccc(F)cc2)c(N)c1. The van der Waals surface area contributed by atoms with Crippen molar-refractivity contribution in [2.45, 2.75) is 26.3 Å². The van der Waals surface area contributed by atoms with Crippen molar-refractivity contribution in [3.63, 3.8) is 0 Å². The maximum atomic E-state index is 12.8. The van der Waals surface area contributed by atoms with Crippen LogP contribution in [0.1, 0.15) is 28.4 Å². The van der Waals surface area contributed by atoms with E-state index in [4.69, 9.17) is 5.73 Å². The smallest absolute Gasteiger partial charge is 0.253 e. The number of aryl methyl sites for hydroxylation is 1. The third-order valence-electron chi connectivity index (χ3n) is 3.28. The van der Waals surface area contributed by atoms with E-state index in [0.717, 1.165) is 11.1 Å². The van der Waals surface area contributed by atoms with Crippen molar-refractivity contribution in [3.05, 3.63) is 65.0 Å². The summed E-state index contributed by atoms with van der Waals surface area (Å²) in [5.74, 6) is -0.454. The minimum absolute atomic E-state index is 0.0661. The van der Waals surface area contributed by atoms with Crippen LogP contribution in [0.5, 0.6) is 0 Å². The van der Waals surface area contributed by atoms with Gasteiger partial charge in [-0.1, -0.05) is 18.2 Å². The summed E-state index contributed by atoms with van der Waals surface area (Å²) >= 11 is 0. The van der Waals surface area contributed by atoms with Crippen molar-refractivity contribution in [2.75, 3.05) is 5.73 Å². The number of rotatable bonds is 4. The Bertz CT molecular complexity index is 638. The number of carbonyl (C=O) groups excluding carboxylic acids is 1. The molecule has 21 heavy (non-hydrogen) atoms. The highest BCUT2D eigenvalue weighted by Gasteiger charge is 2.13. The highest BCUT2D eigenvalue weighted by atomic mass is 19.1. The minimum atomic E-state index is -0.261. The molecule has 2 aromatic carbocycles. The lowest BCUT2D eigenvalue weighted by atomic mass is 10.1. The van der Waals surface area contributed by atoms with Gasteiger partial charge < -0.3 is 11.1 Å². The summed E-state index contributed by atoms with van der Waals surface area (Å²) < 4.78 is 12.8. The van der Waals surface area contributed by atoms with Crippen LogP contribution in [-0.4, -0.2) is 11.9 Å². The molecule has 0 aliphatic heterocycles. The lowest BCUT2D eigenvalue weighted by Gasteiger charge is -2.15. The van der Waals surface area contributed by atoms with Gasteiger partial charge in [-0.15, -0.1) is 0 Å². The molecule has 3 nitrogen and oxygen atoms in total. The summed E-state index contributed by atoms with van der Waals surface area (Å²) in [6.07, 6.45) is 0.637. The quantitative estimate of drug-likeness (QED) is 0.849. The van der Waals surface area contributed by atoms with Gasteiger partial charge in [-0.25, -0.2) is 4.39 Å². The second kappa shape index (κ2) is 6.39. The van der Waals surface area contributed by atoms with Crippen LogP contribution in [0.3, 0.4) is 0 Å². The molecule has 0 spiro atoms. The first-order chi connectivity index (χ1) is 9.95. The molecule has 0 aliphatic rings. The van der Waals surface area contributed by atoms with Crippen molar-refractivity contribution >= 4 is 11.6 Å². The van der Waals surface area contributed by atoms with Gasteiger partial charge in [0, 0.05) is 11.7 Å².